The summed E-state index contributed by atoms with van der Waals surface area (Å²) in [6.07, 6.45) is 3.24. The van der Waals surface area contributed by atoms with Gasteiger partial charge in [-0.2, -0.15) is 20.7 Å². The van der Waals surface area contributed by atoms with Gasteiger partial charge < -0.3 is 0 Å². The molecule has 0 unspecified atom stereocenters. The van der Waals surface area contributed by atoms with E-state index in [9.17, 15) is 0 Å². The van der Waals surface area contributed by atoms with Gasteiger partial charge in [0.2, 0.25) is 0 Å². The lowest BCUT2D eigenvalue weighted by Gasteiger charge is -1.96. The van der Waals surface area contributed by atoms with Crippen LogP contribution in [0.4, 0.5) is 0 Å². The van der Waals surface area contributed by atoms with Crippen LogP contribution in [0.1, 0.15) is 36.2 Å². The van der Waals surface area contributed by atoms with E-state index in [1.807, 2.05) is 5.38 Å². The fourth-order valence-electron chi connectivity index (χ4n) is 1.24. The molecule has 0 atom stereocenters. The zero-order valence-corrected chi connectivity index (χ0v) is 10.3. The SMILES string of the molecule is CC(C)c1csc(/C(C#N)=C\c2cn[nH]n2)n1. The van der Waals surface area contributed by atoms with Crippen LogP contribution in [-0.2, 0) is 0 Å². The molecule has 0 radical (unpaired) electrons. The Bertz CT molecular complexity index is 559. The van der Waals surface area contributed by atoms with Gasteiger partial charge in [-0.1, -0.05) is 13.8 Å². The third-order valence-electron chi connectivity index (χ3n) is 2.19. The second-order valence-electron chi connectivity index (χ2n) is 3.80. The van der Waals surface area contributed by atoms with E-state index in [1.54, 1.807) is 12.3 Å². The van der Waals surface area contributed by atoms with Gasteiger partial charge in [0.05, 0.1) is 17.5 Å². The van der Waals surface area contributed by atoms with Crippen molar-refractivity contribution in [3.8, 4) is 6.07 Å². The monoisotopic (exact) mass is 245 g/mol. The van der Waals surface area contributed by atoms with E-state index in [0.29, 0.717) is 17.2 Å². The minimum Gasteiger partial charge on any atom is -0.240 e. The molecule has 0 aliphatic rings. The van der Waals surface area contributed by atoms with Crippen molar-refractivity contribution in [2.45, 2.75) is 19.8 Å². The van der Waals surface area contributed by atoms with E-state index in [4.69, 9.17) is 5.26 Å². The van der Waals surface area contributed by atoms with Crippen molar-refractivity contribution in [3.05, 3.63) is 28.0 Å². The first-order valence-electron chi connectivity index (χ1n) is 5.14. The summed E-state index contributed by atoms with van der Waals surface area (Å²) in [5.41, 5.74) is 2.14. The third-order valence-corrected chi connectivity index (χ3v) is 3.08. The van der Waals surface area contributed by atoms with Crippen LogP contribution in [0.15, 0.2) is 11.6 Å². The summed E-state index contributed by atoms with van der Waals surface area (Å²) < 4.78 is 0. The lowest BCUT2D eigenvalue weighted by Crippen LogP contribution is -1.88. The molecule has 17 heavy (non-hydrogen) atoms. The van der Waals surface area contributed by atoms with Crippen molar-refractivity contribution in [3.63, 3.8) is 0 Å². The summed E-state index contributed by atoms with van der Waals surface area (Å²) in [6, 6.07) is 2.14. The summed E-state index contributed by atoms with van der Waals surface area (Å²) in [7, 11) is 0. The number of nitrogens with one attached hydrogen (secondary N) is 1. The first-order valence-corrected chi connectivity index (χ1v) is 6.02. The van der Waals surface area contributed by atoms with Gasteiger partial charge >= 0.3 is 0 Å². The molecule has 2 rings (SSSR count). The van der Waals surface area contributed by atoms with Gasteiger partial charge in [0.25, 0.3) is 0 Å². The fraction of sp³-hybridized carbons (Fsp3) is 0.273. The van der Waals surface area contributed by atoms with Crippen LogP contribution < -0.4 is 0 Å². The average molecular weight is 245 g/mol. The van der Waals surface area contributed by atoms with Crippen LogP contribution in [-0.4, -0.2) is 20.4 Å². The largest absolute Gasteiger partial charge is 0.240 e. The number of aromatic amines is 1. The molecule has 86 valence electrons. The van der Waals surface area contributed by atoms with Gasteiger partial charge in [-0.15, -0.1) is 11.3 Å². The number of allylic oxidation sites excluding steroid dienone is 1. The molecule has 1 N–H and O–H groups in total. The molecule has 0 spiro atoms. The Morgan fingerprint density at radius 2 is 2.41 bits per heavy atom. The number of aromatic nitrogens is 4. The van der Waals surface area contributed by atoms with Crippen molar-refractivity contribution in [2.75, 3.05) is 0 Å². The summed E-state index contributed by atoms with van der Waals surface area (Å²) >= 11 is 1.47. The van der Waals surface area contributed by atoms with Crippen LogP contribution >= 0.6 is 11.3 Å². The topological polar surface area (TPSA) is 78.2 Å². The molecule has 2 aromatic rings. The zero-order chi connectivity index (χ0) is 12.3. The Hall–Kier alpha value is -2.00. The maximum Gasteiger partial charge on any atom is 0.134 e. The van der Waals surface area contributed by atoms with E-state index < -0.39 is 0 Å². The first kappa shape index (κ1) is 11.5. The molecule has 0 fully saturated rings. The molecular formula is C11H11N5S. The van der Waals surface area contributed by atoms with Gasteiger partial charge in [-0.3, -0.25) is 0 Å². The van der Waals surface area contributed by atoms with Crippen LogP contribution in [0.2, 0.25) is 0 Å². The fourth-order valence-corrected chi connectivity index (χ4v) is 2.19. The molecule has 2 heterocycles. The second kappa shape index (κ2) is 4.89. The molecule has 0 aliphatic heterocycles. The van der Waals surface area contributed by atoms with Crippen molar-refractivity contribution < 1.29 is 0 Å². The van der Waals surface area contributed by atoms with Gasteiger partial charge in [0.1, 0.15) is 16.8 Å². The number of nitriles is 1. The van der Waals surface area contributed by atoms with E-state index in [1.165, 1.54) is 11.3 Å². The van der Waals surface area contributed by atoms with Crippen LogP contribution in [0.25, 0.3) is 11.6 Å². The van der Waals surface area contributed by atoms with Gasteiger partial charge in [0, 0.05) is 5.38 Å². The normalized spacial score (nSPS) is 11.8. The highest BCUT2D eigenvalue weighted by Gasteiger charge is 2.10. The predicted octanol–water partition coefficient (Wildman–Crippen LogP) is 2.45. The Labute approximate surface area is 103 Å². The van der Waals surface area contributed by atoms with Crippen LogP contribution in [0, 0.1) is 11.3 Å². The summed E-state index contributed by atoms with van der Waals surface area (Å²) in [5.74, 6) is 0.368. The molecular weight excluding hydrogens is 234 g/mol. The lowest BCUT2D eigenvalue weighted by molar-refractivity contribution is 0.831. The lowest BCUT2D eigenvalue weighted by atomic mass is 10.2. The second-order valence-corrected chi connectivity index (χ2v) is 4.66. The maximum atomic E-state index is 9.12. The number of hydrogen-bond acceptors (Lipinski definition) is 5. The number of nitrogens with zero attached hydrogens (tertiary/aromatic N) is 4. The van der Waals surface area contributed by atoms with Gasteiger partial charge in [-0.05, 0) is 12.0 Å². The van der Waals surface area contributed by atoms with Crippen molar-refractivity contribution in [1.29, 1.82) is 5.26 Å². The Balaban J connectivity index is 2.33. The summed E-state index contributed by atoms with van der Waals surface area (Å²) in [4.78, 5) is 4.43. The molecule has 0 amide bonds. The minimum absolute atomic E-state index is 0.368. The quantitative estimate of drug-likeness (QED) is 0.842. The molecule has 0 aromatic carbocycles. The number of thiazole rings is 1. The van der Waals surface area contributed by atoms with E-state index in [-0.39, 0.29) is 0 Å². The zero-order valence-electron chi connectivity index (χ0n) is 9.51. The van der Waals surface area contributed by atoms with Crippen molar-refractivity contribution in [1.82, 2.24) is 20.4 Å². The first-order chi connectivity index (χ1) is 8.20. The van der Waals surface area contributed by atoms with E-state index in [2.05, 4.69) is 40.3 Å². The summed E-state index contributed by atoms with van der Waals surface area (Å²) in [5, 5.41) is 21.9. The van der Waals surface area contributed by atoms with Crippen molar-refractivity contribution in [2.24, 2.45) is 0 Å². The molecule has 6 heteroatoms. The van der Waals surface area contributed by atoms with Gasteiger partial charge in [0.15, 0.2) is 0 Å². The number of hydrogen-bond donors (Lipinski definition) is 1. The predicted molar refractivity (Wildman–Crippen MR) is 66.1 cm³/mol. The van der Waals surface area contributed by atoms with Crippen LogP contribution in [0.5, 0.6) is 0 Å². The smallest absolute Gasteiger partial charge is 0.134 e. The molecule has 0 aliphatic carbocycles. The van der Waals surface area contributed by atoms with Crippen LogP contribution in [0.3, 0.4) is 0 Å². The molecule has 0 saturated heterocycles. The highest BCUT2D eigenvalue weighted by atomic mass is 32.1. The molecule has 0 bridgehead atoms. The molecule has 0 saturated carbocycles. The highest BCUT2D eigenvalue weighted by molar-refractivity contribution is 7.11. The van der Waals surface area contributed by atoms with E-state index in [0.717, 1.165) is 10.7 Å². The Morgan fingerprint density at radius 3 is 2.94 bits per heavy atom. The van der Waals surface area contributed by atoms with E-state index >= 15 is 0 Å². The third kappa shape index (κ3) is 2.57. The Morgan fingerprint density at radius 1 is 1.59 bits per heavy atom. The molecule has 5 nitrogen and oxygen atoms in total. The number of H-pyrrole nitrogens is 1. The summed E-state index contributed by atoms with van der Waals surface area (Å²) in [6.45, 7) is 4.15. The Kier molecular flexibility index (Phi) is 3.30. The number of rotatable bonds is 3. The molecule has 2 aromatic heterocycles. The standard InChI is InChI=1S/C11H11N5S/c1-7(2)10-6-17-11(14-10)8(4-12)3-9-5-13-16-15-9/h3,5-7H,1-2H3,(H,13,15,16)/b8-3-. The van der Waals surface area contributed by atoms with Crippen molar-refractivity contribution >= 4 is 23.0 Å². The average Bonchev–Trinajstić information content (AvgIpc) is 2.96. The van der Waals surface area contributed by atoms with Gasteiger partial charge in [-0.25, -0.2) is 4.98 Å². The maximum absolute atomic E-state index is 9.12. The highest BCUT2D eigenvalue weighted by Crippen LogP contribution is 2.24. The minimum atomic E-state index is 0.368.